The Kier molecular flexibility index (Phi) is 5.87. The highest BCUT2D eigenvalue weighted by molar-refractivity contribution is 7.99. The maximum Gasteiger partial charge on any atom is 0.192 e. The van der Waals surface area contributed by atoms with Gasteiger partial charge in [0, 0.05) is 17.1 Å². The third kappa shape index (κ3) is 4.31. The first kappa shape index (κ1) is 19.5. The number of hydrogen-bond donors (Lipinski definition) is 0. The van der Waals surface area contributed by atoms with Crippen molar-refractivity contribution in [2.75, 3.05) is 12.4 Å². The summed E-state index contributed by atoms with van der Waals surface area (Å²) < 4.78 is 13.7. The zero-order valence-electron chi connectivity index (χ0n) is 15.5. The Labute approximate surface area is 177 Å². The number of ketones is 1. The van der Waals surface area contributed by atoms with E-state index < -0.39 is 6.10 Å². The summed E-state index contributed by atoms with van der Waals surface area (Å²) in [5, 5.41) is 9.80. The number of para-hydroxylation sites is 2. The van der Waals surface area contributed by atoms with Crippen LogP contribution in [0.3, 0.4) is 0 Å². The molecular weight excluding hydrogens is 410 g/mol. The van der Waals surface area contributed by atoms with Gasteiger partial charge in [-0.15, -0.1) is 16.8 Å². The molecule has 0 radical (unpaired) electrons. The lowest BCUT2D eigenvalue weighted by Gasteiger charge is -2.26. The van der Waals surface area contributed by atoms with E-state index in [0.717, 1.165) is 0 Å². The van der Waals surface area contributed by atoms with Crippen LogP contribution >= 0.6 is 23.4 Å². The summed E-state index contributed by atoms with van der Waals surface area (Å²) in [6.45, 7) is 4.65. The third-order valence-electron chi connectivity index (χ3n) is 4.35. The number of carbonyl (C=O) groups is 1. The smallest absolute Gasteiger partial charge is 0.192 e. The number of Topliss-reactive ketones (excluding diaryl/α,β-unsaturated/α-hetero) is 1. The number of hydrogen-bond acceptors (Lipinski definition) is 6. The molecule has 0 fully saturated rings. The number of carbonyl (C=O) groups excluding carboxylic acids is 1. The van der Waals surface area contributed by atoms with Gasteiger partial charge in [-0.3, -0.25) is 9.36 Å². The first-order valence-electron chi connectivity index (χ1n) is 8.99. The number of rotatable bonds is 7. The Morgan fingerprint density at radius 3 is 2.72 bits per heavy atom. The second-order valence-corrected chi connectivity index (χ2v) is 7.70. The molecule has 0 spiro atoms. The monoisotopic (exact) mass is 427 g/mol. The van der Waals surface area contributed by atoms with E-state index in [4.69, 9.17) is 21.1 Å². The molecular formula is C21H18ClN3O3S. The van der Waals surface area contributed by atoms with Gasteiger partial charge in [0.1, 0.15) is 6.61 Å². The van der Waals surface area contributed by atoms with Gasteiger partial charge in [0.25, 0.3) is 0 Å². The normalized spacial score (nSPS) is 15.1. The van der Waals surface area contributed by atoms with Crippen molar-refractivity contribution in [1.82, 2.24) is 14.8 Å². The number of allylic oxidation sites excluding steroid dienone is 1. The van der Waals surface area contributed by atoms with Crippen LogP contribution in [-0.2, 0) is 6.54 Å². The highest BCUT2D eigenvalue weighted by Gasteiger charge is 2.28. The molecule has 29 heavy (non-hydrogen) atoms. The van der Waals surface area contributed by atoms with Gasteiger partial charge < -0.3 is 9.47 Å². The fourth-order valence-electron chi connectivity index (χ4n) is 2.94. The van der Waals surface area contributed by atoms with Crippen LogP contribution < -0.4 is 9.47 Å². The van der Waals surface area contributed by atoms with Gasteiger partial charge in [0.2, 0.25) is 0 Å². The summed E-state index contributed by atoms with van der Waals surface area (Å²) in [6.07, 6.45) is 1.37. The highest BCUT2D eigenvalue weighted by Crippen LogP contribution is 2.36. The van der Waals surface area contributed by atoms with Crippen LogP contribution in [0.25, 0.3) is 0 Å². The average Bonchev–Trinajstić information content (AvgIpc) is 3.15. The molecule has 1 atom stereocenters. The summed E-state index contributed by atoms with van der Waals surface area (Å²) in [4.78, 5) is 12.5. The summed E-state index contributed by atoms with van der Waals surface area (Å²) in [6, 6.07) is 14.4. The Hall–Kier alpha value is -2.77. The molecule has 8 heteroatoms. The fourth-order valence-corrected chi connectivity index (χ4v) is 3.92. The molecule has 0 bridgehead atoms. The molecule has 2 aromatic carbocycles. The van der Waals surface area contributed by atoms with Crippen molar-refractivity contribution < 1.29 is 14.3 Å². The predicted molar refractivity (Wildman–Crippen MR) is 112 cm³/mol. The van der Waals surface area contributed by atoms with Gasteiger partial charge in [-0.1, -0.05) is 41.6 Å². The molecule has 3 aromatic rings. The molecule has 0 amide bonds. The molecule has 6 nitrogen and oxygen atoms in total. The lowest BCUT2D eigenvalue weighted by molar-refractivity contribution is 0.0821. The Morgan fingerprint density at radius 1 is 1.21 bits per heavy atom. The first-order chi connectivity index (χ1) is 14.2. The molecule has 0 saturated heterocycles. The molecule has 1 aliphatic rings. The van der Waals surface area contributed by atoms with Crippen molar-refractivity contribution >= 4 is 29.1 Å². The Bertz CT molecular complexity index is 1040. The van der Waals surface area contributed by atoms with Crippen LogP contribution in [0.2, 0.25) is 5.02 Å². The lowest BCUT2D eigenvalue weighted by Crippen LogP contribution is -2.25. The van der Waals surface area contributed by atoms with Gasteiger partial charge in [-0.25, -0.2) is 0 Å². The van der Waals surface area contributed by atoms with Crippen LogP contribution in [0, 0.1) is 0 Å². The Balaban J connectivity index is 1.50. The van der Waals surface area contributed by atoms with Gasteiger partial charge in [-0.05, 0) is 36.4 Å². The van der Waals surface area contributed by atoms with E-state index in [-0.39, 0.29) is 11.5 Å². The minimum atomic E-state index is -0.390. The van der Waals surface area contributed by atoms with E-state index in [1.54, 1.807) is 30.3 Å². The second kappa shape index (κ2) is 8.71. The third-order valence-corrected chi connectivity index (χ3v) is 5.57. The number of aromatic nitrogens is 3. The zero-order valence-corrected chi connectivity index (χ0v) is 17.0. The molecule has 0 saturated carbocycles. The second-order valence-electron chi connectivity index (χ2n) is 6.32. The molecule has 1 unspecified atom stereocenters. The van der Waals surface area contributed by atoms with E-state index in [1.807, 2.05) is 28.8 Å². The molecule has 0 aliphatic carbocycles. The van der Waals surface area contributed by atoms with Crippen molar-refractivity contribution in [2.24, 2.45) is 0 Å². The largest absolute Gasteiger partial charge is 0.485 e. The van der Waals surface area contributed by atoms with Crippen LogP contribution in [0.15, 0.2) is 66.3 Å². The number of benzene rings is 2. The number of thioether (sulfide) groups is 1. The van der Waals surface area contributed by atoms with Crippen LogP contribution in [0.5, 0.6) is 11.5 Å². The maximum absolute atomic E-state index is 12.5. The van der Waals surface area contributed by atoms with E-state index >= 15 is 0 Å². The van der Waals surface area contributed by atoms with Crippen molar-refractivity contribution in [3.8, 4) is 11.5 Å². The molecule has 1 aliphatic heterocycles. The summed E-state index contributed by atoms with van der Waals surface area (Å²) in [5.74, 6) is 2.25. The first-order valence-corrected chi connectivity index (χ1v) is 10.4. The highest BCUT2D eigenvalue weighted by atomic mass is 35.5. The van der Waals surface area contributed by atoms with Crippen LogP contribution in [-0.4, -0.2) is 32.9 Å². The number of halogens is 1. The van der Waals surface area contributed by atoms with Crippen LogP contribution in [0.1, 0.15) is 22.3 Å². The Morgan fingerprint density at radius 2 is 1.97 bits per heavy atom. The van der Waals surface area contributed by atoms with E-state index in [2.05, 4.69) is 16.8 Å². The maximum atomic E-state index is 12.5. The molecule has 2 heterocycles. The summed E-state index contributed by atoms with van der Waals surface area (Å²) in [7, 11) is 0. The standard InChI is InChI=1S/C21H18ClN3O3S/c1-2-11-25-20(19-12-27-17-5-3-4-6-18(17)28-19)23-24-21(25)29-13-16(26)14-7-9-15(22)10-8-14/h2-10,19H,1,11-13H2. The molecule has 148 valence electrons. The molecule has 1 aromatic heterocycles. The minimum absolute atomic E-state index is 0.00690. The lowest BCUT2D eigenvalue weighted by atomic mass is 10.1. The minimum Gasteiger partial charge on any atom is -0.485 e. The van der Waals surface area contributed by atoms with Gasteiger partial charge in [-0.2, -0.15) is 0 Å². The number of nitrogens with zero attached hydrogens (tertiary/aromatic N) is 3. The number of ether oxygens (including phenoxy) is 2. The predicted octanol–water partition coefficient (Wildman–Crippen LogP) is 4.61. The van der Waals surface area contributed by atoms with Gasteiger partial charge in [0.05, 0.1) is 5.75 Å². The zero-order chi connectivity index (χ0) is 20.2. The van der Waals surface area contributed by atoms with Crippen molar-refractivity contribution in [1.29, 1.82) is 0 Å². The fraction of sp³-hybridized carbons (Fsp3) is 0.190. The average molecular weight is 428 g/mol. The number of fused-ring (bicyclic) bond motifs is 1. The van der Waals surface area contributed by atoms with Gasteiger partial charge >= 0.3 is 0 Å². The van der Waals surface area contributed by atoms with E-state index in [1.165, 1.54) is 11.8 Å². The van der Waals surface area contributed by atoms with E-state index in [9.17, 15) is 4.79 Å². The van der Waals surface area contributed by atoms with Crippen LogP contribution in [0.4, 0.5) is 0 Å². The van der Waals surface area contributed by atoms with Crippen molar-refractivity contribution in [2.45, 2.75) is 17.8 Å². The van der Waals surface area contributed by atoms with E-state index in [0.29, 0.717) is 46.2 Å². The van der Waals surface area contributed by atoms with Gasteiger partial charge in [0.15, 0.2) is 34.4 Å². The molecule has 0 N–H and O–H groups in total. The quantitative estimate of drug-likeness (QED) is 0.312. The molecule has 4 rings (SSSR count). The van der Waals surface area contributed by atoms with Crippen molar-refractivity contribution in [3.05, 3.63) is 77.6 Å². The summed E-state index contributed by atoms with van der Waals surface area (Å²) in [5.41, 5.74) is 0.609. The SMILES string of the molecule is C=CCn1c(SCC(=O)c2ccc(Cl)cc2)nnc1C1COc2ccccc2O1. The van der Waals surface area contributed by atoms with Crippen molar-refractivity contribution in [3.63, 3.8) is 0 Å². The summed E-state index contributed by atoms with van der Waals surface area (Å²) >= 11 is 7.21. The topological polar surface area (TPSA) is 66.2 Å².